The Balaban J connectivity index is 1.63. The van der Waals surface area contributed by atoms with Crippen molar-refractivity contribution in [2.45, 2.75) is 43.9 Å². The maximum absolute atomic E-state index is 12.5. The summed E-state index contributed by atoms with van der Waals surface area (Å²) in [5.74, 6) is -0.389. The Morgan fingerprint density at radius 2 is 1.81 bits per heavy atom. The van der Waals surface area contributed by atoms with Crippen LogP contribution in [-0.2, 0) is 34.1 Å². The van der Waals surface area contributed by atoms with Crippen molar-refractivity contribution < 1.29 is 13.2 Å². The molecule has 6 heteroatoms. The summed E-state index contributed by atoms with van der Waals surface area (Å²) >= 11 is 0. The van der Waals surface area contributed by atoms with E-state index in [2.05, 4.69) is 10.0 Å². The van der Waals surface area contributed by atoms with Crippen LogP contribution in [0.3, 0.4) is 0 Å². The molecule has 0 heterocycles. The Bertz CT molecular complexity index is 907. The van der Waals surface area contributed by atoms with Gasteiger partial charge in [0.05, 0.1) is 11.4 Å². The topological polar surface area (TPSA) is 75.3 Å². The molecule has 2 aromatic carbocycles. The Morgan fingerprint density at radius 1 is 1.04 bits per heavy atom. The van der Waals surface area contributed by atoms with Crippen molar-refractivity contribution >= 4 is 21.6 Å². The molecular weight excluding hydrogens is 348 g/mol. The van der Waals surface area contributed by atoms with E-state index in [-0.39, 0.29) is 17.3 Å². The summed E-state index contributed by atoms with van der Waals surface area (Å²) < 4.78 is 27.4. The van der Waals surface area contributed by atoms with Gasteiger partial charge in [-0.15, -0.1) is 0 Å². The molecule has 138 valence electrons. The molecule has 1 aliphatic rings. The average molecular weight is 372 g/mol. The highest BCUT2D eigenvalue weighted by atomic mass is 32.2. The molecule has 0 spiro atoms. The van der Waals surface area contributed by atoms with Crippen LogP contribution in [0.25, 0.3) is 0 Å². The van der Waals surface area contributed by atoms with Gasteiger partial charge in [-0.25, -0.2) is 13.1 Å². The number of amides is 1. The minimum atomic E-state index is -3.70. The second kappa shape index (κ2) is 8.01. The number of hydrogen-bond donors (Lipinski definition) is 2. The number of anilines is 1. The zero-order valence-corrected chi connectivity index (χ0v) is 15.7. The highest BCUT2D eigenvalue weighted by Crippen LogP contribution is 2.24. The number of carbonyl (C=O) groups excluding carboxylic acids is 1. The van der Waals surface area contributed by atoms with Crippen molar-refractivity contribution in [1.82, 2.24) is 4.72 Å². The molecule has 26 heavy (non-hydrogen) atoms. The maximum Gasteiger partial charge on any atom is 0.241 e. The van der Waals surface area contributed by atoms with E-state index in [1.807, 2.05) is 31.2 Å². The molecule has 0 unspecified atom stereocenters. The quantitative estimate of drug-likeness (QED) is 0.818. The molecule has 0 fully saturated rings. The van der Waals surface area contributed by atoms with Gasteiger partial charge >= 0.3 is 0 Å². The predicted molar refractivity (Wildman–Crippen MR) is 103 cm³/mol. The zero-order valence-electron chi connectivity index (χ0n) is 14.9. The summed E-state index contributed by atoms with van der Waals surface area (Å²) in [4.78, 5) is 12.3. The second-order valence-electron chi connectivity index (χ2n) is 6.56. The van der Waals surface area contributed by atoms with Crippen LogP contribution in [-0.4, -0.2) is 20.9 Å². The molecule has 0 saturated carbocycles. The predicted octanol–water partition coefficient (Wildman–Crippen LogP) is 3.04. The fourth-order valence-electron chi connectivity index (χ4n) is 3.20. The largest absolute Gasteiger partial charge is 0.325 e. The Labute approximate surface area is 154 Å². The van der Waals surface area contributed by atoms with Crippen LogP contribution in [0.2, 0.25) is 0 Å². The first-order valence-corrected chi connectivity index (χ1v) is 10.5. The van der Waals surface area contributed by atoms with Gasteiger partial charge in [0.2, 0.25) is 15.9 Å². The number of hydrogen-bond acceptors (Lipinski definition) is 3. The van der Waals surface area contributed by atoms with Crippen molar-refractivity contribution in [1.29, 1.82) is 0 Å². The summed E-state index contributed by atoms with van der Waals surface area (Å²) in [6, 6.07) is 12.8. The lowest BCUT2D eigenvalue weighted by molar-refractivity contribution is -0.115. The Morgan fingerprint density at radius 3 is 2.58 bits per heavy atom. The van der Waals surface area contributed by atoms with E-state index in [0.717, 1.165) is 43.2 Å². The first kappa shape index (κ1) is 18.6. The van der Waals surface area contributed by atoms with Crippen molar-refractivity contribution in [3.8, 4) is 0 Å². The van der Waals surface area contributed by atoms with Crippen LogP contribution < -0.4 is 10.0 Å². The summed E-state index contributed by atoms with van der Waals surface area (Å²) in [6.45, 7) is 1.74. The molecule has 2 N–H and O–H groups in total. The molecule has 0 radical (unpaired) electrons. The van der Waals surface area contributed by atoms with E-state index in [1.54, 1.807) is 18.2 Å². The molecule has 3 rings (SSSR count). The van der Waals surface area contributed by atoms with Crippen LogP contribution in [0.5, 0.6) is 0 Å². The van der Waals surface area contributed by atoms with Crippen molar-refractivity contribution in [3.63, 3.8) is 0 Å². The number of rotatable bonds is 6. The van der Waals surface area contributed by atoms with Crippen molar-refractivity contribution in [2.75, 3.05) is 11.9 Å². The zero-order chi connectivity index (χ0) is 18.6. The minimum absolute atomic E-state index is 0.221. The molecule has 2 aromatic rings. The number of carbonyl (C=O) groups is 1. The van der Waals surface area contributed by atoms with E-state index >= 15 is 0 Å². The number of fused-ring (bicyclic) bond motifs is 1. The minimum Gasteiger partial charge on any atom is -0.325 e. The molecular formula is C20H24N2O3S. The Hall–Kier alpha value is -2.18. The van der Waals surface area contributed by atoms with Crippen molar-refractivity contribution in [2.24, 2.45) is 0 Å². The van der Waals surface area contributed by atoms with Gasteiger partial charge in [-0.1, -0.05) is 25.1 Å². The second-order valence-corrected chi connectivity index (χ2v) is 8.33. The van der Waals surface area contributed by atoms with E-state index in [1.165, 1.54) is 5.56 Å². The molecule has 1 aliphatic carbocycles. The first-order valence-electron chi connectivity index (χ1n) is 8.98. The fourth-order valence-corrected chi connectivity index (χ4v) is 4.23. The maximum atomic E-state index is 12.5. The van der Waals surface area contributed by atoms with Gasteiger partial charge in [0.15, 0.2) is 0 Å². The lowest BCUT2D eigenvalue weighted by Crippen LogP contribution is -2.33. The van der Waals surface area contributed by atoms with Crippen molar-refractivity contribution in [3.05, 3.63) is 59.2 Å². The van der Waals surface area contributed by atoms with E-state index in [9.17, 15) is 13.2 Å². The molecule has 0 aromatic heterocycles. The molecule has 0 aliphatic heterocycles. The van der Waals surface area contributed by atoms with E-state index in [0.29, 0.717) is 5.69 Å². The normalized spacial score (nSPS) is 13.9. The van der Waals surface area contributed by atoms with Crippen LogP contribution in [0.1, 0.15) is 36.5 Å². The van der Waals surface area contributed by atoms with Gasteiger partial charge in [-0.2, -0.15) is 0 Å². The number of nitrogens with one attached hydrogen (secondary N) is 2. The van der Waals surface area contributed by atoms with Gasteiger partial charge in [0.1, 0.15) is 0 Å². The fraction of sp³-hybridized carbons (Fsp3) is 0.350. The standard InChI is InChI=1S/C20H24N2O3S/c1-2-15-6-5-9-18(12-15)22-20(23)14-21-26(24,25)19-11-10-16-7-3-4-8-17(16)13-19/h5-6,9-13,21H,2-4,7-8,14H2,1H3,(H,22,23). The molecule has 0 bridgehead atoms. The number of sulfonamides is 1. The lowest BCUT2D eigenvalue weighted by atomic mass is 9.92. The average Bonchev–Trinajstić information content (AvgIpc) is 2.66. The smallest absolute Gasteiger partial charge is 0.241 e. The van der Waals surface area contributed by atoms with Gasteiger partial charge in [0.25, 0.3) is 0 Å². The number of benzene rings is 2. The van der Waals surface area contributed by atoms with Gasteiger partial charge in [-0.3, -0.25) is 4.79 Å². The third kappa shape index (κ3) is 4.51. The third-order valence-electron chi connectivity index (χ3n) is 4.67. The van der Waals surface area contributed by atoms with E-state index in [4.69, 9.17) is 0 Å². The van der Waals surface area contributed by atoms with Crippen LogP contribution in [0.15, 0.2) is 47.4 Å². The van der Waals surface area contributed by atoms with Crippen LogP contribution in [0.4, 0.5) is 5.69 Å². The van der Waals surface area contributed by atoms with Crippen LogP contribution in [0, 0.1) is 0 Å². The van der Waals surface area contributed by atoms with Gasteiger partial charge < -0.3 is 5.32 Å². The Kier molecular flexibility index (Phi) is 5.74. The summed E-state index contributed by atoms with van der Waals surface area (Å²) in [5.41, 5.74) is 4.10. The molecule has 1 amide bonds. The lowest BCUT2D eigenvalue weighted by Gasteiger charge is -2.16. The number of aryl methyl sites for hydroxylation is 3. The summed E-state index contributed by atoms with van der Waals surface area (Å²) in [7, 11) is -3.70. The van der Waals surface area contributed by atoms with E-state index < -0.39 is 10.0 Å². The van der Waals surface area contributed by atoms with Gasteiger partial charge in [0, 0.05) is 5.69 Å². The molecule has 0 atom stereocenters. The highest BCUT2D eigenvalue weighted by molar-refractivity contribution is 7.89. The summed E-state index contributed by atoms with van der Waals surface area (Å²) in [6.07, 6.45) is 5.02. The van der Waals surface area contributed by atoms with Crippen LogP contribution >= 0.6 is 0 Å². The SMILES string of the molecule is CCc1cccc(NC(=O)CNS(=O)(=O)c2ccc3c(c2)CCCC3)c1. The highest BCUT2D eigenvalue weighted by Gasteiger charge is 2.18. The third-order valence-corrected chi connectivity index (χ3v) is 6.07. The monoisotopic (exact) mass is 372 g/mol. The summed E-state index contributed by atoms with van der Waals surface area (Å²) in [5, 5.41) is 2.72. The molecule has 0 saturated heterocycles. The molecule has 5 nitrogen and oxygen atoms in total. The first-order chi connectivity index (χ1) is 12.5. The van der Waals surface area contributed by atoms with Gasteiger partial charge in [-0.05, 0) is 73.1 Å².